The lowest BCUT2D eigenvalue weighted by Crippen LogP contribution is -2.26. The normalized spacial score (nSPS) is 10.6. The van der Waals surface area contributed by atoms with Crippen LogP contribution in [0.2, 0.25) is 0 Å². The third-order valence-electron chi connectivity index (χ3n) is 1.72. The zero-order valence-corrected chi connectivity index (χ0v) is 8.59. The Morgan fingerprint density at radius 3 is 2.69 bits per heavy atom. The average molecular weight is 216 g/mol. The van der Waals surface area contributed by atoms with E-state index >= 15 is 0 Å². The highest BCUT2D eigenvalue weighted by Gasteiger charge is 1.95. The van der Waals surface area contributed by atoms with E-state index in [1.165, 1.54) is 0 Å². The molecule has 0 fully saturated rings. The zero-order chi connectivity index (χ0) is 12.0. The molecule has 82 valence electrons. The Morgan fingerprint density at radius 1 is 1.31 bits per heavy atom. The van der Waals surface area contributed by atoms with E-state index in [-0.39, 0.29) is 11.9 Å². The largest absolute Gasteiger partial charge is 0.370 e. The summed E-state index contributed by atoms with van der Waals surface area (Å²) < 4.78 is 0. The number of nitriles is 1. The highest BCUT2D eigenvalue weighted by atomic mass is 15.1. The Hall–Kier alpha value is -2.55. The maximum atomic E-state index is 8.69. The molecule has 1 aromatic rings. The average Bonchev–Trinajstić information content (AvgIpc) is 2.26. The van der Waals surface area contributed by atoms with Crippen molar-refractivity contribution in [3.05, 3.63) is 35.4 Å². The van der Waals surface area contributed by atoms with Gasteiger partial charge in [-0.05, 0) is 17.7 Å². The van der Waals surface area contributed by atoms with E-state index in [1.807, 2.05) is 12.1 Å². The van der Waals surface area contributed by atoms with Crippen molar-refractivity contribution < 1.29 is 0 Å². The number of hydrogen-bond donors (Lipinski definition) is 3. The third-order valence-corrected chi connectivity index (χ3v) is 1.72. The molecule has 0 saturated carbocycles. The first-order valence-corrected chi connectivity index (χ1v) is 4.50. The predicted octanol–water partition coefficient (Wildman–Crippen LogP) is -0.354. The first kappa shape index (κ1) is 11.5. The first-order valence-electron chi connectivity index (χ1n) is 4.50. The molecule has 1 aromatic carbocycles. The number of rotatable bonds is 2. The minimum atomic E-state index is -0.132. The van der Waals surface area contributed by atoms with Gasteiger partial charge in [0.05, 0.1) is 18.2 Å². The van der Waals surface area contributed by atoms with Gasteiger partial charge < -0.3 is 17.2 Å². The summed E-state index contributed by atoms with van der Waals surface area (Å²) in [6.45, 7) is 0.331. The summed E-state index contributed by atoms with van der Waals surface area (Å²) >= 11 is 0. The highest BCUT2D eigenvalue weighted by molar-refractivity contribution is 5.92. The molecule has 0 aliphatic rings. The molecule has 6 heteroatoms. The van der Waals surface area contributed by atoms with E-state index in [2.05, 4.69) is 9.98 Å². The molecule has 0 aromatic heterocycles. The smallest absolute Gasteiger partial charge is 0.218 e. The second-order valence-electron chi connectivity index (χ2n) is 3.02. The molecule has 0 bridgehead atoms. The molecule has 0 radical (unpaired) electrons. The van der Waals surface area contributed by atoms with E-state index in [9.17, 15) is 0 Å². The van der Waals surface area contributed by atoms with Crippen LogP contribution in [0, 0.1) is 11.3 Å². The van der Waals surface area contributed by atoms with Gasteiger partial charge in [0.15, 0.2) is 5.96 Å². The van der Waals surface area contributed by atoms with Crippen LogP contribution in [0.1, 0.15) is 11.1 Å². The number of hydrogen-bond acceptors (Lipinski definition) is 2. The van der Waals surface area contributed by atoms with Gasteiger partial charge in [-0.3, -0.25) is 0 Å². The van der Waals surface area contributed by atoms with Gasteiger partial charge in [0, 0.05) is 0 Å². The van der Waals surface area contributed by atoms with Crippen LogP contribution in [0.25, 0.3) is 0 Å². The number of benzene rings is 1. The van der Waals surface area contributed by atoms with Crippen molar-refractivity contribution in [2.75, 3.05) is 0 Å². The maximum Gasteiger partial charge on any atom is 0.218 e. The van der Waals surface area contributed by atoms with Gasteiger partial charge in [0.2, 0.25) is 5.96 Å². The molecular formula is C10H12N6. The Bertz CT molecular complexity index is 464. The number of aliphatic imine (C=N–C) groups is 2. The summed E-state index contributed by atoms with van der Waals surface area (Å²) in [5.41, 5.74) is 17.1. The fraction of sp³-hybridized carbons (Fsp3) is 0.100. The highest BCUT2D eigenvalue weighted by Crippen LogP contribution is 2.05. The third kappa shape index (κ3) is 3.67. The van der Waals surface area contributed by atoms with Gasteiger partial charge in [0.1, 0.15) is 0 Å². The number of nitrogens with two attached hydrogens (primary N) is 3. The second kappa shape index (κ2) is 5.36. The topological polar surface area (TPSA) is 127 Å². The van der Waals surface area contributed by atoms with Crippen molar-refractivity contribution in [3.8, 4) is 6.07 Å². The van der Waals surface area contributed by atoms with Crippen LogP contribution in [0.3, 0.4) is 0 Å². The Kier molecular flexibility index (Phi) is 3.86. The molecular weight excluding hydrogens is 204 g/mol. The van der Waals surface area contributed by atoms with Gasteiger partial charge in [0.25, 0.3) is 0 Å². The van der Waals surface area contributed by atoms with Crippen molar-refractivity contribution >= 4 is 11.9 Å². The lowest BCUT2D eigenvalue weighted by atomic mass is 10.1. The van der Waals surface area contributed by atoms with E-state index in [0.717, 1.165) is 5.56 Å². The van der Waals surface area contributed by atoms with Crippen molar-refractivity contribution in [3.63, 3.8) is 0 Å². The van der Waals surface area contributed by atoms with Gasteiger partial charge >= 0.3 is 0 Å². The summed E-state index contributed by atoms with van der Waals surface area (Å²) in [7, 11) is 0. The Labute approximate surface area is 93.1 Å². The molecule has 0 heterocycles. The second-order valence-corrected chi connectivity index (χ2v) is 3.02. The first-order chi connectivity index (χ1) is 7.61. The van der Waals surface area contributed by atoms with E-state index < -0.39 is 0 Å². The molecule has 0 amide bonds. The molecule has 0 spiro atoms. The van der Waals surface area contributed by atoms with E-state index in [0.29, 0.717) is 12.1 Å². The van der Waals surface area contributed by atoms with E-state index in [1.54, 1.807) is 18.2 Å². The standard InChI is InChI=1S/C10H12N6/c11-5-7-2-1-3-8(4-7)6-15-10(14)16-9(12)13/h1-4H,6H2,(H6,12,13,14,15,16). The van der Waals surface area contributed by atoms with Crippen LogP contribution in [-0.2, 0) is 6.54 Å². The number of guanidine groups is 2. The van der Waals surface area contributed by atoms with Gasteiger partial charge in [-0.25, -0.2) is 4.99 Å². The van der Waals surface area contributed by atoms with Gasteiger partial charge in [-0.2, -0.15) is 10.3 Å². The molecule has 0 aliphatic carbocycles. The molecule has 0 saturated heterocycles. The van der Waals surface area contributed by atoms with E-state index in [4.69, 9.17) is 22.5 Å². The summed E-state index contributed by atoms with van der Waals surface area (Å²) in [5.74, 6) is -0.116. The zero-order valence-electron chi connectivity index (χ0n) is 8.59. The molecule has 6 N–H and O–H groups in total. The lowest BCUT2D eigenvalue weighted by molar-refractivity contribution is 1.05. The summed E-state index contributed by atoms with van der Waals surface area (Å²) in [6.07, 6.45) is 0. The van der Waals surface area contributed by atoms with Crippen molar-refractivity contribution in [1.82, 2.24) is 0 Å². The van der Waals surface area contributed by atoms with Gasteiger partial charge in [-0.1, -0.05) is 12.1 Å². The van der Waals surface area contributed by atoms with Crippen LogP contribution < -0.4 is 17.2 Å². The van der Waals surface area contributed by atoms with Crippen molar-refractivity contribution in [2.45, 2.75) is 6.54 Å². The summed E-state index contributed by atoms with van der Waals surface area (Å²) in [6, 6.07) is 9.10. The van der Waals surface area contributed by atoms with Crippen molar-refractivity contribution in [2.24, 2.45) is 27.2 Å². The fourth-order valence-electron chi connectivity index (χ4n) is 1.08. The SMILES string of the molecule is N#Cc1cccc(CN=C(N)N=C(N)N)c1. The van der Waals surface area contributed by atoms with Crippen LogP contribution in [0.5, 0.6) is 0 Å². The minimum Gasteiger partial charge on any atom is -0.370 e. The summed E-state index contributed by atoms with van der Waals surface area (Å²) in [5, 5.41) is 8.69. The monoisotopic (exact) mass is 216 g/mol. The Balaban J connectivity index is 2.75. The maximum absolute atomic E-state index is 8.69. The van der Waals surface area contributed by atoms with Crippen LogP contribution in [-0.4, -0.2) is 11.9 Å². The fourth-order valence-corrected chi connectivity index (χ4v) is 1.08. The molecule has 0 aliphatic heterocycles. The molecule has 0 atom stereocenters. The molecule has 1 rings (SSSR count). The predicted molar refractivity (Wildman–Crippen MR) is 62.3 cm³/mol. The van der Waals surface area contributed by atoms with Crippen LogP contribution in [0.4, 0.5) is 0 Å². The minimum absolute atomic E-state index is 0.0161. The van der Waals surface area contributed by atoms with Crippen LogP contribution in [0.15, 0.2) is 34.3 Å². The number of nitrogens with zero attached hydrogens (tertiary/aromatic N) is 3. The van der Waals surface area contributed by atoms with Crippen molar-refractivity contribution in [1.29, 1.82) is 5.26 Å². The Morgan fingerprint density at radius 2 is 2.06 bits per heavy atom. The molecule has 16 heavy (non-hydrogen) atoms. The molecule has 6 nitrogen and oxygen atoms in total. The lowest BCUT2D eigenvalue weighted by Gasteiger charge is -1.98. The molecule has 0 unspecified atom stereocenters. The van der Waals surface area contributed by atoms with Crippen LogP contribution >= 0.6 is 0 Å². The summed E-state index contributed by atoms with van der Waals surface area (Å²) in [4.78, 5) is 7.52. The van der Waals surface area contributed by atoms with Gasteiger partial charge in [-0.15, -0.1) is 0 Å². The quantitative estimate of drug-likeness (QED) is 0.461.